The second kappa shape index (κ2) is 9.50. The van der Waals surface area contributed by atoms with Crippen LogP contribution in [0.1, 0.15) is 23.7 Å². The average Bonchev–Trinajstić information content (AvgIpc) is 2.40. The van der Waals surface area contributed by atoms with Crippen molar-refractivity contribution >= 4 is 18.3 Å². The number of hydrogen-bond donors (Lipinski definition) is 2. The van der Waals surface area contributed by atoms with E-state index in [2.05, 4.69) is 10.6 Å². The Morgan fingerprint density at radius 3 is 2.45 bits per heavy atom. The summed E-state index contributed by atoms with van der Waals surface area (Å²) in [6.45, 7) is 3.77. The van der Waals surface area contributed by atoms with E-state index in [0.29, 0.717) is 13.1 Å². The molecule has 20 heavy (non-hydrogen) atoms. The summed E-state index contributed by atoms with van der Waals surface area (Å²) in [7, 11) is 1.19. The summed E-state index contributed by atoms with van der Waals surface area (Å²) < 4.78 is 31.7. The molecule has 0 aliphatic rings. The summed E-state index contributed by atoms with van der Waals surface area (Å²) in [5, 5.41) is 5.60. The molecule has 0 atom stereocenters. The molecule has 0 aliphatic heterocycles. The highest BCUT2D eigenvalue weighted by Gasteiger charge is 2.20. The van der Waals surface area contributed by atoms with Crippen molar-refractivity contribution in [2.45, 2.75) is 13.3 Å². The molecular weight excluding hydrogens is 290 g/mol. The molecule has 0 aliphatic carbocycles. The van der Waals surface area contributed by atoms with Crippen LogP contribution in [0.5, 0.6) is 5.75 Å². The van der Waals surface area contributed by atoms with Gasteiger partial charge in [0.25, 0.3) is 5.91 Å². The minimum atomic E-state index is -0.808. The molecule has 0 spiro atoms. The fourth-order valence-electron chi connectivity index (χ4n) is 1.60. The lowest BCUT2D eigenvalue weighted by Gasteiger charge is -2.11. The van der Waals surface area contributed by atoms with Gasteiger partial charge in [0.2, 0.25) is 0 Å². The third-order valence-corrected chi connectivity index (χ3v) is 2.50. The van der Waals surface area contributed by atoms with E-state index in [9.17, 15) is 13.6 Å². The van der Waals surface area contributed by atoms with Gasteiger partial charge >= 0.3 is 0 Å². The molecule has 1 rings (SSSR count). The van der Waals surface area contributed by atoms with E-state index < -0.39 is 23.1 Å². The predicted octanol–water partition coefficient (Wildman–Crippen LogP) is 2.12. The molecule has 0 heterocycles. The van der Waals surface area contributed by atoms with E-state index in [1.807, 2.05) is 6.92 Å². The quantitative estimate of drug-likeness (QED) is 0.759. The summed E-state index contributed by atoms with van der Waals surface area (Å²) in [6, 6.07) is 1.83. The Morgan fingerprint density at radius 2 is 1.85 bits per heavy atom. The van der Waals surface area contributed by atoms with Crippen LogP contribution in [0.25, 0.3) is 0 Å². The van der Waals surface area contributed by atoms with E-state index in [1.54, 1.807) is 0 Å². The first-order valence-electron chi connectivity index (χ1n) is 6.12. The molecule has 4 nitrogen and oxygen atoms in total. The topological polar surface area (TPSA) is 50.4 Å². The summed E-state index contributed by atoms with van der Waals surface area (Å²) >= 11 is 0. The van der Waals surface area contributed by atoms with Crippen LogP contribution in [-0.4, -0.2) is 32.7 Å². The number of carbonyl (C=O) groups is 1. The SMILES string of the molecule is CCCNCCNC(=O)c1c(F)ccc(F)c1OC.Cl. The number of ether oxygens (including phenoxy) is 1. The van der Waals surface area contributed by atoms with Crippen LogP contribution >= 0.6 is 12.4 Å². The number of rotatable bonds is 7. The maximum absolute atomic E-state index is 13.6. The Labute approximate surface area is 123 Å². The molecule has 2 N–H and O–H groups in total. The van der Waals surface area contributed by atoms with Crippen LogP contribution in [-0.2, 0) is 0 Å². The number of amides is 1. The Morgan fingerprint density at radius 1 is 1.20 bits per heavy atom. The number of nitrogens with one attached hydrogen (secondary N) is 2. The molecule has 0 fully saturated rings. The third kappa shape index (κ3) is 4.94. The van der Waals surface area contributed by atoms with E-state index in [0.717, 1.165) is 25.1 Å². The normalized spacial score (nSPS) is 9.80. The zero-order chi connectivity index (χ0) is 14.3. The van der Waals surface area contributed by atoms with Crippen LogP contribution in [0.3, 0.4) is 0 Å². The maximum atomic E-state index is 13.6. The summed E-state index contributed by atoms with van der Waals surface area (Å²) in [6.07, 6.45) is 0.986. The number of carbonyl (C=O) groups excluding carboxylic acids is 1. The van der Waals surface area contributed by atoms with Gasteiger partial charge < -0.3 is 15.4 Å². The number of benzene rings is 1. The molecule has 114 valence electrons. The van der Waals surface area contributed by atoms with Gasteiger partial charge in [-0.1, -0.05) is 6.92 Å². The second-order valence-corrected chi connectivity index (χ2v) is 3.94. The Bertz CT molecular complexity index is 445. The first-order valence-corrected chi connectivity index (χ1v) is 6.12. The zero-order valence-corrected chi connectivity index (χ0v) is 12.3. The first kappa shape index (κ1) is 18.6. The second-order valence-electron chi connectivity index (χ2n) is 3.94. The Balaban J connectivity index is 0.00000361. The smallest absolute Gasteiger partial charge is 0.258 e. The number of hydrogen-bond acceptors (Lipinski definition) is 3. The Hall–Kier alpha value is -1.40. The van der Waals surface area contributed by atoms with Crippen molar-refractivity contribution in [2.75, 3.05) is 26.7 Å². The lowest BCUT2D eigenvalue weighted by molar-refractivity contribution is 0.0945. The minimum absolute atomic E-state index is 0. The largest absolute Gasteiger partial charge is 0.493 e. The van der Waals surface area contributed by atoms with Gasteiger partial charge in [-0.05, 0) is 25.1 Å². The number of halogens is 3. The van der Waals surface area contributed by atoms with Gasteiger partial charge in [0.15, 0.2) is 11.6 Å². The Kier molecular flexibility index (Phi) is 8.83. The zero-order valence-electron chi connectivity index (χ0n) is 11.5. The van der Waals surface area contributed by atoms with Crippen LogP contribution in [0, 0.1) is 11.6 Å². The first-order chi connectivity index (χ1) is 9.11. The van der Waals surface area contributed by atoms with Crippen molar-refractivity contribution in [1.82, 2.24) is 10.6 Å². The minimum Gasteiger partial charge on any atom is -0.493 e. The summed E-state index contributed by atoms with van der Waals surface area (Å²) in [5.41, 5.74) is -0.405. The van der Waals surface area contributed by atoms with E-state index in [-0.39, 0.29) is 18.2 Å². The average molecular weight is 309 g/mol. The molecule has 0 saturated heterocycles. The van der Waals surface area contributed by atoms with Gasteiger partial charge in [-0.3, -0.25) is 4.79 Å². The standard InChI is InChI=1S/C13H18F2N2O2.ClH/c1-3-6-16-7-8-17-13(18)11-9(14)4-5-10(15)12(11)19-2;/h4-5,16H,3,6-8H2,1-2H3,(H,17,18);1H. The molecular formula is C13H19ClF2N2O2. The van der Waals surface area contributed by atoms with Crippen molar-refractivity contribution in [2.24, 2.45) is 0 Å². The van der Waals surface area contributed by atoms with Gasteiger partial charge in [-0.25, -0.2) is 8.78 Å². The van der Waals surface area contributed by atoms with Gasteiger partial charge in [-0.15, -0.1) is 12.4 Å². The fourth-order valence-corrected chi connectivity index (χ4v) is 1.60. The molecule has 1 aromatic carbocycles. The van der Waals surface area contributed by atoms with Crippen LogP contribution < -0.4 is 15.4 Å². The highest BCUT2D eigenvalue weighted by atomic mass is 35.5. The van der Waals surface area contributed by atoms with Crippen molar-refractivity contribution in [3.63, 3.8) is 0 Å². The van der Waals surface area contributed by atoms with E-state index in [1.165, 1.54) is 7.11 Å². The van der Waals surface area contributed by atoms with Crippen LogP contribution in [0.4, 0.5) is 8.78 Å². The van der Waals surface area contributed by atoms with Crippen molar-refractivity contribution in [1.29, 1.82) is 0 Å². The molecule has 0 bridgehead atoms. The van der Waals surface area contributed by atoms with E-state index >= 15 is 0 Å². The van der Waals surface area contributed by atoms with Crippen molar-refractivity contribution in [3.05, 3.63) is 29.3 Å². The molecule has 0 unspecified atom stereocenters. The fraction of sp³-hybridized carbons (Fsp3) is 0.462. The van der Waals surface area contributed by atoms with E-state index in [4.69, 9.17) is 4.74 Å². The highest BCUT2D eigenvalue weighted by Crippen LogP contribution is 2.24. The summed E-state index contributed by atoms with van der Waals surface area (Å²) in [5.74, 6) is -2.64. The lowest BCUT2D eigenvalue weighted by atomic mass is 10.1. The highest BCUT2D eigenvalue weighted by molar-refractivity contribution is 5.97. The summed E-state index contributed by atoms with van der Waals surface area (Å²) in [4.78, 5) is 11.8. The van der Waals surface area contributed by atoms with Gasteiger partial charge in [0.1, 0.15) is 11.4 Å². The van der Waals surface area contributed by atoms with Crippen molar-refractivity contribution < 1.29 is 18.3 Å². The predicted molar refractivity (Wildman–Crippen MR) is 75.7 cm³/mol. The van der Waals surface area contributed by atoms with Gasteiger partial charge in [0.05, 0.1) is 7.11 Å². The molecule has 1 amide bonds. The lowest BCUT2D eigenvalue weighted by Crippen LogP contribution is -2.32. The number of methoxy groups -OCH3 is 1. The molecule has 1 aromatic rings. The molecule has 7 heteroatoms. The van der Waals surface area contributed by atoms with Gasteiger partial charge in [0, 0.05) is 13.1 Å². The van der Waals surface area contributed by atoms with Crippen molar-refractivity contribution in [3.8, 4) is 5.75 Å². The third-order valence-electron chi connectivity index (χ3n) is 2.50. The monoisotopic (exact) mass is 308 g/mol. The molecule has 0 radical (unpaired) electrons. The van der Waals surface area contributed by atoms with Gasteiger partial charge in [-0.2, -0.15) is 0 Å². The molecule has 0 aromatic heterocycles. The molecule has 0 saturated carbocycles. The van der Waals surface area contributed by atoms with Crippen LogP contribution in [0.2, 0.25) is 0 Å². The van der Waals surface area contributed by atoms with Crippen LogP contribution in [0.15, 0.2) is 12.1 Å². The maximum Gasteiger partial charge on any atom is 0.258 e.